The van der Waals surface area contributed by atoms with Crippen LogP contribution in [-0.4, -0.2) is 12.6 Å². The van der Waals surface area contributed by atoms with E-state index in [0.717, 1.165) is 31.4 Å². The van der Waals surface area contributed by atoms with E-state index in [0.29, 0.717) is 6.04 Å². The van der Waals surface area contributed by atoms with Crippen LogP contribution in [0.4, 0.5) is 4.39 Å². The molecular formula is C18H22FN. The highest BCUT2D eigenvalue weighted by Crippen LogP contribution is 2.06. The van der Waals surface area contributed by atoms with Crippen molar-refractivity contribution in [2.24, 2.45) is 0 Å². The van der Waals surface area contributed by atoms with E-state index in [9.17, 15) is 4.39 Å². The molecule has 1 unspecified atom stereocenters. The minimum Gasteiger partial charge on any atom is -0.314 e. The van der Waals surface area contributed by atoms with Crippen molar-refractivity contribution in [2.75, 3.05) is 6.54 Å². The number of nitrogens with one attached hydrogen (secondary N) is 1. The SMILES string of the molecule is CC(CCc1ccccc1)NCCc1cccc(F)c1. The number of hydrogen-bond acceptors (Lipinski definition) is 1. The lowest BCUT2D eigenvalue weighted by Gasteiger charge is -2.13. The molecule has 2 aromatic carbocycles. The highest BCUT2D eigenvalue weighted by Gasteiger charge is 2.02. The minimum absolute atomic E-state index is 0.153. The number of hydrogen-bond donors (Lipinski definition) is 1. The van der Waals surface area contributed by atoms with E-state index in [1.54, 1.807) is 12.1 Å². The molecule has 0 radical (unpaired) electrons. The van der Waals surface area contributed by atoms with Gasteiger partial charge in [-0.2, -0.15) is 0 Å². The first-order chi connectivity index (χ1) is 9.74. The van der Waals surface area contributed by atoms with Gasteiger partial charge in [-0.05, 0) is 56.0 Å². The Kier molecular flexibility index (Phi) is 5.75. The zero-order chi connectivity index (χ0) is 14.2. The van der Waals surface area contributed by atoms with Crippen LogP contribution in [0.1, 0.15) is 24.5 Å². The van der Waals surface area contributed by atoms with Gasteiger partial charge in [0.05, 0.1) is 0 Å². The first-order valence-electron chi connectivity index (χ1n) is 7.26. The second-order valence-corrected chi connectivity index (χ2v) is 5.26. The Morgan fingerprint density at radius 1 is 0.950 bits per heavy atom. The summed E-state index contributed by atoms with van der Waals surface area (Å²) in [5.41, 5.74) is 2.43. The van der Waals surface area contributed by atoms with E-state index in [-0.39, 0.29) is 5.82 Å². The molecule has 0 heterocycles. The maximum atomic E-state index is 13.0. The van der Waals surface area contributed by atoms with Gasteiger partial charge in [0.1, 0.15) is 5.82 Å². The second-order valence-electron chi connectivity index (χ2n) is 5.26. The fourth-order valence-electron chi connectivity index (χ4n) is 2.29. The van der Waals surface area contributed by atoms with Gasteiger partial charge >= 0.3 is 0 Å². The summed E-state index contributed by atoms with van der Waals surface area (Å²) in [4.78, 5) is 0. The van der Waals surface area contributed by atoms with Crippen molar-refractivity contribution in [1.29, 1.82) is 0 Å². The van der Waals surface area contributed by atoms with Gasteiger partial charge in [0.2, 0.25) is 0 Å². The average Bonchev–Trinajstić information content (AvgIpc) is 2.46. The van der Waals surface area contributed by atoms with Gasteiger partial charge in [0.15, 0.2) is 0 Å². The molecule has 0 bridgehead atoms. The van der Waals surface area contributed by atoms with E-state index in [4.69, 9.17) is 0 Å². The third kappa shape index (κ3) is 5.14. The summed E-state index contributed by atoms with van der Waals surface area (Å²) < 4.78 is 13.0. The molecule has 0 fully saturated rings. The highest BCUT2D eigenvalue weighted by atomic mass is 19.1. The number of rotatable bonds is 7. The van der Waals surface area contributed by atoms with E-state index in [2.05, 4.69) is 36.5 Å². The van der Waals surface area contributed by atoms with Crippen LogP contribution < -0.4 is 5.32 Å². The Morgan fingerprint density at radius 2 is 1.70 bits per heavy atom. The summed E-state index contributed by atoms with van der Waals surface area (Å²) in [6.07, 6.45) is 3.08. The molecule has 1 N–H and O–H groups in total. The molecule has 0 amide bonds. The summed E-state index contributed by atoms with van der Waals surface area (Å²) >= 11 is 0. The molecule has 0 aromatic heterocycles. The van der Waals surface area contributed by atoms with Crippen LogP contribution >= 0.6 is 0 Å². The fourth-order valence-corrected chi connectivity index (χ4v) is 2.29. The van der Waals surface area contributed by atoms with Gasteiger partial charge in [-0.3, -0.25) is 0 Å². The maximum Gasteiger partial charge on any atom is 0.123 e. The zero-order valence-corrected chi connectivity index (χ0v) is 12.0. The molecule has 2 rings (SSSR count). The van der Waals surface area contributed by atoms with Crippen molar-refractivity contribution in [1.82, 2.24) is 5.32 Å². The van der Waals surface area contributed by atoms with Crippen LogP contribution in [0.2, 0.25) is 0 Å². The molecule has 0 saturated carbocycles. The average molecular weight is 271 g/mol. The molecule has 1 atom stereocenters. The van der Waals surface area contributed by atoms with Gasteiger partial charge < -0.3 is 5.32 Å². The van der Waals surface area contributed by atoms with Gasteiger partial charge in [-0.1, -0.05) is 42.5 Å². The lowest BCUT2D eigenvalue weighted by atomic mass is 10.1. The Hall–Kier alpha value is -1.67. The van der Waals surface area contributed by atoms with Crippen LogP contribution in [0.5, 0.6) is 0 Å². The van der Waals surface area contributed by atoms with E-state index in [1.807, 2.05) is 12.1 Å². The van der Waals surface area contributed by atoms with Crippen molar-refractivity contribution >= 4 is 0 Å². The third-order valence-electron chi connectivity index (χ3n) is 3.50. The molecule has 2 aromatic rings. The molecule has 2 heteroatoms. The number of halogens is 1. The van der Waals surface area contributed by atoms with E-state index < -0.39 is 0 Å². The van der Waals surface area contributed by atoms with Gasteiger partial charge in [-0.15, -0.1) is 0 Å². The van der Waals surface area contributed by atoms with Gasteiger partial charge in [-0.25, -0.2) is 4.39 Å². The van der Waals surface area contributed by atoms with Crippen molar-refractivity contribution in [3.05, 3.63) is 71.5 Å². The first-order valence-corrected chi connectivity index (χ1v) is 7.26. The summed E-state index contributed by atoms with van der Waals surface area (Å²) in [6, 6.07) is 17.8. The molecule has 0 spiro atoms. The van der Waals surface area contributed by atoms with Crippen molar-refractivity contribution in [3.8, 4) is 0 Å². The van der Waals surface area contributed by atoms with Crippen LogP contribution in [0.15, 0.2) is 54.6 Å². The lowest BCUT2D eigenvalue weighted by Crippen LogP contribution is -2.28. The normalized spacial score (nSPS) is 12.3. The van der Waals surface area contributed by atoms with E-state index in [1.165, 1.54) is 11.6 Å². The van der Waals surface area contributed by atoms with Crippen LogP contribution in [0.3, 0.4) is 0 Å². The lowest BCUT2D eigenvalue weighted by molar-refractivity contribution is 0.517. The maximum absolute atomic E-state index is 13.0. The van der Waals surface area contributed by atoms with E-state index >= 15 is 0 Å². The Bertz CT molecular complexity index is 510. The summed E-state index contributed by atoms with van der Waals surface area (Å²) in [6.45, 7) is 3.09. The largest absolute Gasteiger partial charge is 0.314 e. The summed E-state index contributed by atoms with van der Waals surface area (Å²) in [7, 11) is 0. The standard InChI is InChI=1S/C18H22FN/c1-15(10-11-16-6-3-2-4-7-16)20-13-12-17-8-5-9-18(19)14-17/h2-9,14-15,20H,10-13H2,1H3. The molecule has 0 aliphatic heterocycles. The quantitative estimate of drug-likeness (QED) is 0.803. The number of aryl methyl sites for hydroxylation is 1. The minimum atomic E-state index is -0.153. The van der Waals surface area contributed by atoms with Gasteiger partial charge in [0, 0.05) is 6.04 Å². The Labute approximate surface area is 120 Å². The summed E-state index contributed by atoms with van der Waals surface area (Å²) in [5, 5.41) is 3.50. The second kappa shape index (κ2) is 7.81. The smallest absolute Gasteiger partial charge is 0.123 e. The van der Waals surface area contributed by atoms with Crippen LogP contribution in [0.25, 0.3) is 0 Å². The van der Waals surface area contributed by atoms with Gasteiger partial charge in [0.25, 0.3) is 0 Å². The highest BCUT2D eigenvalue weighted by molar-refractivity contribution is 5.16. The number of benzene rings is 2. The van der Waals surface area contributed by atoms with Crippen LogP contribution in [-0.2, 0) is 12.8 Å². The predicted molar refractivity (Wildman–Crippen MR) is 82.3 cm³/mol. The van der Waals surface area contributed by atoms with Crippen molar-refractivity contribution in [3.63, 3.8) is 0 Å². The molecular weight excluding hydrogens is 249 g/mol. The molecule has 0 saturated heterocycles. The van der Waals surface area contributed by atoms with Crippen molar-refractivity contribution in [2.45, 2.75) is 32.2 Å². The molecule has 106 valence electrons. The fraction of sp³-hybridized carbons (Fsp3) is 0.333. The molecule has 20 heavy (non-hydrogen) atoms. The molecule has 1 nitrogen and oxygen atoms in total. The topological polar surface area (TPSA) is 12.0 Å². The predicted octanol–water partition coefficient (Wildman–Crippen LogP) is 3.98. The van der Waals surface area contributed by atoms with Crippen molar-refractivity contribution < 1.29 is 4.39 Å². The van der Waals surface area contributed by atoms with Crippen LogP contribution in [0, 0.1) is 5.82 Å². The Morgan fingerprint density at radius 3 is 2.45 bits per heavy atom. The Balaban J connectivity index is 1.66. The molecule has 0 aliphatic carbocycles. The monoisotopic (exact) mass is 271 g/mol. The zero-order valence-electron chi connectivity index (χ0n) is 12.0. The summed E-state index contributed by atoms with van der Waals surface area (Å²) in [5.74, 6) is -0.153. The first kappa shape index (κ1) is 14.7. The third-order valence-corrected chi connectivity index (χ3v) is 3.50. The molecule has 0 aliphatic rings.